The average molecular weight is 439 g/mol. The van der Waals surface area contributed by atoms with Crippen LogP contribution >= 0.6 is 0 Å². The molecule has 2 aliphatic heterocycles. The number of rotatable bonds is 4. The van der Waals surface area contributed by atoms with Crippen LogP contribution in [0.15, 0.2) is 36.7 Å². The van der Waals surface area contributed by atoms with Gasteiger partial charge in [0.1, 0.15) is 5.60 Å². The minimum atomic E-state index is -0.483. The first-order valence-corrected chi connectivity index (χ1v) is 11.1. The van der Waals surface area contributed by atoms with E-state index in [0.29, 0.717) is 37.8 Å². The molecule has 0 aromatic carbocycles. The van der Waals surface area contributed by atoms with E-state index in [2.05, 4.69) is 20.5 Å². The summed E-state index contributed by atoms with van der Waals surface area (Å²) >= 11 is 0. The fraction of sp³-hybridized carbons (Fsp3) is 0.522. The number of pyridine rings is 1. The molecule has 2 aromatic heterocycles. The number of likely N-dealkylation sites (tertiary alicyclic amines) is 1. The highest BCUT2D eigenvalue weighted by Crippen LogP contribution is 2.28. The highest BCUT2D eigenvalue weighted by Gasteiger charge is 2.34. The molecule has 2 aromatic rings. The van der Waals surface area contributed by atoms with E-state index in [1.807, 2.05) is 49.9 Å². The van der Waals surface area contributed by atoms with Crippen LogP contribution in [0.4, 0.5) is 16.3 Å². The normalized spacial score (nSPS) is 17.6. The SMILES string of the molecule is CC(C)(C)OC(=O)N1CCC(c2ccc(NC(=O)C3CN(c4cccnn4)C3)cn2)CC1. The van der Waals surface area contributed by atoms with Gasteiger partial charge in [0.2, 0.25) is 5.91 Å². The van der Waals surface area contributed by atoms with Gasteiger partial charge in [-0.15, -0.1) is 5.10 Å². The zero-order valence-electron chi connectivity index (χ0n) is 18.8. The standard InChI is InChI=1S/C23H30N6O3/c1-23(2,3)32-22(31)28-11-8-16(9-12-28)19-7-6-18(13-24-19)26-21(30)17-14-29(15-17)20-5-4-10-25-27-20/h4-7,10,13,16-17H,8-9,11-12,14-15H2,1-3H3,(H,26,30). The van der Waals surface area contributed by atoms with E-state index >= 15 is 0 Å². The molecule has 4 heterocycles. The molecule has 2 saturated heterocycles. The van der Waals surface area contributed by atoms with Crippen molar-refractivity contribution in [1.29, 1.82) is 0 Å². The summed E-state index contributed by atoms with van der Waals surface area (Å²) in [7, 11) is 0. The van der Waals surface area contributed by atoms with Crippen molar-refractivity contribution in [1.82, 2.24) is 20.1 Å². The van der Waals surface area contributed by atoms with E-state index in [-0.39, 0.29) is 17.9 Å². The lowest BCUT2D eigenvalue weighted by Gasteiger charge is -2.38. The number of carbonyl (C=O) groups is 2. The molecule has 0 saturated carbocycles. The second-order valence-corrected chi connectivity index (χ2v) is 9.39. The van der Waals surface area contributed by atoms with Gasteiger partial charge < -0.3 is 19.9 Å². The quantitative estimate of drug-likeness (QED) is 0.783. The Balaban J connectivity index is 1.24. The number of anilines is 2. The summed E-state index contributed by atoms with van der Waals surface area (Å²) in [4.78, 5) is 33.1. The van der Waals surface area contributed by atoms with Crippen LogP contribution in [0.5, 0.6) is 0 Å². The molecule has 0 aliphatic carbocycles. The fourth-order valence-electron chi connectivity index (χ4n) is 3.94. The summed E-state index contributed by atoms with van der Waals surface area (Å²) in [6, 6.07) is 7.60. The maximum atomic E-state index is 12.5. The van der Waals surface area contributed by atoms with Gasteiger partial charge >= 0.3 is 6.09 Å². The van der Waals surface area contributed by atoms with E-state index in [1.54, 1.807) is 17.3 Å². The Labute approximate surface area is 188 Å². The van der Waals surface area contributed by atoms with Gasteiger partial charge in [0.15, 0.2) is 5.82 Å². The van der Waals surface area contributed by atoms with Crippen molar-refractivity contribution >= 4 is 23.5 Å². The van der Waals surface area contributed by atoms with E-state index in [1.165, 1.54) is 0 Å². The summed E-state index contributed by atoms with van der Waals surface area (Å²) in [5.74, 6) is 1.00. The third kappa shape index (κ3) is 5.33. The van der Waals surface area contributed by atoms with Gasteiger partial charge in [-0.2, -0.15) is 5.10 Å². The third-order valence-corrected chi connectivity index (χ3v) is 5.75. The van der Waals surface area contributed by atoms with Gasteiger partial charge in [-0.3, -0.25) is 9.78 Å². The summed E-state index contributed by atoms with van der Waals surface area (Å²) in [6.07, 6.45) is 4.79. The lowest BCUT2D eigenvalue weighted by Crippen LogP contribution is -2.52. The number of nitrogens with one attached hydrogen (secondary N) is 1. The molecule has 0 unspecified atom stereocenters. The highest BCUT2D eigenvalue weighted by molar-refractivity contribution is 5.94. The zero-order valence-corrected chi connectivity index (χ0v) is 18.8. The number of carbonyl (C=O) groups excluding carboxylic acids is 2. The number of ether oxygens (including phenoxy) is 1. The van der Waals surface area contributed by atoms with Gasteiger partial charge in [-0.25, -0.2) is 4.79 Å². The van der Waals surface area contributed by atoms with Crippen molar-refractivity contribution in [2.75, 3.05) is 36.4 Å². The fourth-order valence-corrected chi connectivity index (χ4v) is 3.94. The monoisotopic (exact) mass is 438 g/mol. The Bertz CT molecular complexity index is 930. The molecule has 0 atom stereocenters. The Hall–Kier alpha value is -3.23. The Kier molecular flexibility index (Phi) is 6.25. The van der Waals surface area contributed by atoms with Gasteiger partial charge in [-0.05, 0) is 57.9 Å². The van der Waals surface area contributed by atoms with Crippen LogP contribution in [0, 0.1) is 5.92 Å². The maximum Gasteiger partial charge on any atom is 0.410 e. The van der Waals surface area contributed by atoms with Crippen LogP contribution in [0.3, 0.4) is 0 Å². The molecule has 1 N–H and O–H groups in total. The Morgan fingerprint density at radius 1 is 1.12 bits per heavy atom. The summed E-state index contributed by atoms with van der Waals surface area (Å²) in [5, 5.41) is 10.9. The predicted molar refractivity (Wildman–Crippen MR) is 120 cm³/mol. The van der Waals surface area contributed by atoms with Crippen LogP contribution in [-0.4, -0.2) is 63.9 Å². The smallest absolute Gasteiger partial charge is 0.410 e. The average Bonchev–Trinajstić information content (AvgIpc) is 2.73. The maximum absolute atomic E-state index is 12.5. The van der Waals surface area contributed by atoms with Crippen LogP contribution in [-0.2, 0) is 9.53 Å². The first kappa shape index (κ1) is 22.0. The lowest BCUT2D eigenvalue weighted by molar-refractivity contribution is -0.120. The summed E-state index contributed by atoms with van der Waals surface area (Å²) < 4.78 is 5.46. The van der Waals surface area contributed by atoms with Gasteiger partial charge in [0, 0.05) is 44.0 Å². The molecule has 9 nitrogen and oxygen atoms in total. The minimum absolute atomic E-state index is 0.00893. The molecule has 9 heteroatoms. The molecule has 32 heavy (non-hydrogen) atoms. The van der Waals surface area contributed by atoms with Gasteiger partial charge in [-0.1, -0.05) is 0 Å². The molecule has 4 rings (SSSR count). The Morgan fingerprint density at radius 2 is 1.88 bits per heavy atom. The number of aromatic nitrogens is 3. The van der Waals surface area contributed by atoms with Crippen LogP contribution in [0.2, 0.25) is 0 Å². The first-order chi connectivity index (χ1) is 15.3. The lowest BCUT2D eigenvalue weighted by atomic mass is 9.93. The summed E-state index contributed by atoms with van der Waals surface area (Å²) in [5.41, 5.74) is 1.20. The largest absolute Gasteiger partial charge is 0.444 e. The molecule has 2 amide bonds. The van der Waals surface area contributed by atoms with Crippen molar-refractivity contribution in [2.45, 2.75) is 45.1 Å². The molecule has 2 fully saturated rings. The molecule has 0 bridgehead atoms. The van der Waals surface area contributed by atoms with Gasteiger partial charge in [0.25, 0.3) is 0 Å². The van der Waals surface area contributed by atoms with Crippen LogP contribution in [0.1, 0.15) is 45.2 Å². The number of nitrogens with zero attached hydrogens (tertiary/aromatic N) is 5. The predicted octanol–water partition coefficient (Wildman–Crippen LogP) is 3.06. The number of amides is 2. The molecule has 2 aliphatic rings. The highest BCUT2D eigenvalue weighted by atomic mass is 16.6. The molecule has 0 radical (unpaired) electrons. The first-order valence-electron chi connectivity index (χ1n) is 11.1. The van der Waals surface area contributed by atoms with Gasteiger partial charge in [0.05, 0.1) is 17.8 Å². The number of hydrogen-bond donors (Lipinski definition) is 1. The molecule has 170 valence electrons. The molecular formula is C23H30N6O3. The van der Waals surface area contributed by atoms with E-state index in [0.717, 1.165) is 24.4 Å². The van der Waals surface area contributed by atoms with E-state index < -0.39 is 5.60 Å². The van der Waals surface area contributed by atoms with Crippen molar-refractivity contribution in [3.63, 3.8) is 0 Å². The number of piperidine rings is 1. The van der Waals surface area contributed by atoms with Crippen LogP contribution < -0.4 is 10.2 Å². The number of hydrogen-bond acceptors (Lipinski definition) is 7. The third-order valence-electron chi connectivity index (χ3n) is 5.75. The minimum Gasteiger partial charge on any atom is -0.444 e. The zero-order chi connectivity index (χ0) is 22.7. The second-order valence-electron chi connectivity index (χ2n) is 9.39. The van der Waals surface area contributed by atoms with Crippen molar-refractivity contribution in [3.05, 3.63) is 42.4 Å². The molecule has 0 spiro atoms. The topological polar surface area (TPSA) is 101 Å². The summed E-state index contributed by atoms with van der Waals surface area (Å²) in [6.45, 7) is 8.20. The van der Waals surface area contributed by atoms with Crippen molar-refractivity contribution in [2.24, 2.45) is 5.92 Å². The van der Waals surface area contributed by atoms with E-state index in [9.17, 15) is 9.59 Å². The Morgan fingerprint density at radius 3 is 2.47 bits per heavy atom. The van der Waals surface area contributed by atoms with Crippen molar-refractivity contribution in [3.8, 4) is 0 Å². The second kappa shape index (κ2) is 9.10. The van der Waals surface area contributed by atoms with Crippen LogP contribution in [0.25, 0.3) is 0 Å². The van der Waals surface area contributed by atoms with Crippen molar-refractivity contribution < 1.29 is 14.3 Å². The van der Waals surface area contributed by atoms with E-state index in [4.69, 9.17) is 4.74 Å². The molecular weight excluding hydrogens is 408 g/mol.